The summed E-state index contributed by atoms with van der Waals surface area (Å²) in [4.78, 5) is 13.2. The zero-order valence-electron chi connectivity index (χ0n) is 16.8. The number of carbonyl (C=O) groups is 1. The molecule has 4 heteroatoms. The van der Waals surface area contributed by atoms with Gasteiger partial charge >= 0.3 is 0 Å². The SMILES string of the molecule is O=C(CC(c1ccccc1)c1ccccc1)NC1(c2ccc3c(c2)OCCO3)CC1. The summed E-state index contributed by atoms with van der Waals surface area (Å²) in [5, 5.41) is 3.33. The second kappa shape index (κ2) is 7.86. The minimum absolute atomic E-state index is 0.0310. The van der Waals surface area contributed by atoms with Gasteiger partial charge in [0, 0.05) is 12.3 Å². The summed E-state index contributed by atoms with van der Waals surface area (Å²) in [5.41, 5.74) is 3.12. The highest BCUT2D eigenvalue weighted by Gasteiger charge is 2.46. The van der Waals surface area contributed by atoms with Crippen LogP contribution in [-0.4, -0.2) is 19.1 Å². The molecule has 0 bridgehead atoms. The lowest BCUT2D eigenvalue weighted by molar-refractivity contribution is -0.122. The molecule has 1 aliphatic carbocycles. The lowest BCUT2D eigenvalue weighted by Crippen LogP contribution is -2.35. The molecule has 0 radical (unpaired) electrons. The van der Waals surface area contributed by atoms with E-state index in [0.29, 0.717) is 19.6 Å². The molecule has 0 spiro atoms. The van der Waals surface area contributed by atoms with E-state index in [4.69, 9.17) is 9.47 Å². The number of hydrogen-bond donors (Lipinski definition) is 1. The van der Waals surface area contributed by atoms with Gasteiger partial charge in [-0.25, -0.2) is 0 Å². The van der Waals surface area contributed by atoms with Gasteiger partial charge in [-0.3, -0.25) is 4.79 Å². The van der Waals surface area contributed by atoms with Crippen LogP contribution < -0.4 is 14.8 Å². The average Bonchev–Trinajstić information content (AvgIpc) is 3.59. The lowest BCUT2D eigenvalue weighted by Gasteiger charge is -2.24. The second-order valence-corrected chi connectivity index (χ2v) is 8.07. The predicted octanol–water partition coefficient (Wildman–Crippen LogP) is 4.79. The van der Waals surface area contributed by atoms with Gasteiger partial charge in [-0.1, -0.05) is 66.7 Å². The maximum atomic E-state index is 13.2. The number of rotatable bonds is 6. The summed E-state index contributed by atoms with van der Waals surface area (Å²) in [6.45, 7) is 1.14. The number of fused-ring (bicyclic) bond motifs is 1. The van der Waals surface area contributed by atoms with Crippen molar-refractivity contribution in [2.45, 2.75) is 30.7 Å². The Balaban J connectivity index is 1.35. The summed E-state index contributed by atoms with van der Waals surface area (Å²) in [5.74, 6) is 1.65. The van der Waals surface area contributed by atoms with E-state index in [9.17, 15) is 4.79 Å². The average molecular weight is 399 g/mol. The van der Waals surface area contributed by atoms with Gasteiger partial charge in [0.25, 0.3) is 0 Å². The van der Waals surface area contributed by atoms with Crippen molar-refractivity contribution in [2.75, 3.05) is 13.2 Å². The first-order chi connectivity index (χ1) is 14.7. The van der Waals surface area contributed by atoms with Gasteiger partial charge < -0.3 is 14.8 Å². The maximum absolute atomic E-state index is 13.2. The van der Waals surface area contributed by atoms with Crippen LogP contribution in [0.3, 0.4) is 0 Å². The second-order valence-electron chi connectivity index (χ2n) is 8.07. The van der Waals surface area contributed by atoms with Crippen molar-refractivity contribution in [1.29, 1.82) is 0 Å². The molecular formula is C26H25NO3. The van der Waals surface area contributed by atoms with Crippen molar-refractivity contribution in [1.82, 2.24) is 5.32 Å². The van der Waals surface area contributed by atoms with E-state index in [-0.39, 0.29) is 17.4 Å². The number of benzene rings is 3. The van der Waals surface area contributed by atoms with Crippen LogP contribution in [0, 0.1) is 0 Å². The lowest BCUT2D eigenvalue weighted by atomic mass is 9.88. The molecule has 0 saturated heterocycles. The highest BCUT2D eigenvalue weighted by Crippen LogP contribution is 2.48. The highest BCUT2D eigenvalue weighted by molar-refractivity contribution is 5.79. The fourth-order valence-corrected chi connectivity index (χ4v) is 4.25. The minimum atomic E-state index is -0.287. The first kappa shape index (κ1) is 18.7. The van der Waals surface area contributed by atoms with Crippen LogP contribution in [-0.2, 0) is 10.3 Å². The molecule has 1 N–H and O–H groups in total. The molecule has 1 amide bonds. The molecule has 3 aromatic rings. The molecule has 5 rings (SSSR count). The predicted molar refractivity (Wildman–Crippen MR) is 116 cm³/mol. The summed E-state index contributed by atoms with van der Waals surface area (Å²) in [7, 11) is 0. The molecule has 1 saturated carbocycles. The van der Waals surface area contributed by atoms with Crippen LogP contribution in [0.1, 0.15) is 41.9 Å². The fourth-order valence-electron chi connectivity index (χ4n) is 4.25. The van der Waals surface area contributed by atoms with Gasteiger partial charge in [0.15, 0.2) is 11.5 Å². The minimum Gasteiger partial charge on any atom is -0.486 e. The Morgan fingerprint density at radius 2 is 1.43 bits per heavy atom. The van der Waals surface area contributed by atoms with Crippen LogP contribution in [0.2, 0.25) is 0 Å². The Labute approximate surface area is 176 Å². The van der Waals surface area contributed by atoms with E-state index in [1.165, 1.54) is 0 Å². The van der Waals surface area contributed by atoms with Crippen LogP contribution in [0.25, 0.3) is 0 Å². The van der Waals surface area contributed by atoms with Gasteiger partial charge in [-0.15, -0.1) is 0 Å². The molecule has 0 atom stereocenters. The van der Waals surface area contributed by atoms with E-state index in [2.05, 4.69) is 29.6 Å². The molecule has 3 aromatic carbocycles. The monoisotopic (exact) mass is 399 g/mol. The first-order valence-corrected chi connectivity index (χ1v) is 10.5. The number of carbonyl (C=O) groups excluding carboxylic acids is 1. The van der Waals surface area contributed by atoms with Crippen LogP contribution >= 0.6 is 0 Å². The number of hydrogen-bond acceptors (Lipinski definition) is 3. The standard InChI is InChI=1S/C26H25NO3/c28-25(18-22(19-7-3-1-4-8-19)20-9-5-2-6-10-20)27-26(13-14-26)21-11-12-23-24(17-21)30-16-15-29-23/h1-12,17,22H,13-16,18H2,(H,27,28). The van der Waals surface area contributed by atoms with Crippen molar-refractivity contribution in [3.05, 3.63) is 95.6 Å². The molecule has 1 heterocycles. The summed E-state index contributed by atoms with van der Waals surface area (Å²) in [6, 6.07) is 26.5. The number of ether oxygens (including phenoxy) is 2. The van der Waals surface area contributed by atoms with E-state index < -0.39 is 0 Å². The Bertz CT molecular complexity index is 989. The molecular weight excluding hydrogens is 374 g/mol. The molecule has 1 fully saturated rings. The third-order valence-electron chi connectivity index (χ3n) is 6.02. The molecule has 1 aliphatic heterocycles. The highest BCUT2D eigenvalue weighted by atomic mass is 16.6. The Morgan fingerprint density at radius 1 is 0.833 bits per heavy atom. The fraction of sp³-hybridized carbons (Fsp3) is 0.269. The van der Waals surface area contributed by atoms with Crippen molar-refractivity contribution < 1.29 is 14.3 Å². The van der Waals surface area contributed by atoms with Crippen LogP contribution in [0.15, 0.2) is 78.9 Å². The first-order valence-electron chi connectivity index (χ1n) is 10.5. The Morgan fingerprint density at radius 3 is 2.03 bits per heavy atom. The van der Waals surface area contributed by atoms with Crippen molar-refractivity contribution in [3.8, 4) is 11.5 Å². The summed E-state index contributed by atoms with van der Waals surface area (Å²) < 4.78 is 11.4. The van der Waals surface area contributed by atoms with Gasteiger partial charge in [0.2, 0.25) is 5.91 Å². The van der Waals surface area contributed by atoms with Crippen molar-refractivity contribution in [3.63, 3.8) is 0 Å². The largest absolute Gasteiger partial charge is 0.486 e. The van der Waals surface area contributed by atoms with Gasteiger partial charge in [-0.2, -0.15) is 0 Å². The van der Waals surface area contributed by atoms with Crippen molar-refractivity contribution >= 4 is 5.91 Å². The summed E-state index contributed by atoms with van der Waals surface area (Å²) in [6.07, 6.45) is 2.31. The Kier molecular flexibility index (Phi) is 4.91. The zero-order chi connectivity index (χ0) is 20.4. The third-order valence-corrected chi connectivity index (χ3v) is 6.02. The summed E-state index contributed by atoms with van der Waals surface area (Å²) >= 11 is 0. The third kappa shape index (κ3) is 3.78. The molecule has 2 aliphatic rings. The quantitative estimate of drug-likeness (QED) is 0.649. The molecule has 0 unspecified atom stereocenters. The smallest absolute Gasteiger partial charge is 0.221 e. The van der Waals surface area contributed by atoms with E-state index >= 15 is 0 Å². The van der Waals surface area contributed by atoms with Gasteiger partial charge in [0.1, 0.15) is 13.2 Å². The Hall–Kier alpha value is -3.27. The maximum Gasteiger partial charge on any atom is 0.221 e. The van der Waals surface area contributed by atoms with E-state index in [1.54, 1.807) is 0 Å². The van der Waals surface area contributed by atoms with Crippen LogP contribution in [0.4, 0.5) is 0 Å². The number of amides is 1. The van der Waals surface area contributed by atoms with Crippen molar-refractivity contribution in [2.24, 2.45) is 0 Å². The molecule has 30 heavy (non-hydrogen) atoms. The van der Waals surface area contributed by atoms with E-state index in [1.807, 2.05) is 54.6 Å². The molecule has 152 valence electrons. The number of nitrogens with one attached hydrogen (secondary N) is 1. The van der Waals surface area contributed by atoms with Gasteiger partial charge in [-0.05, 0) is 41.7 Å². The zero-order valence-corrected chi connectivity index (χ0v) is 16.8. The topological polar surface area (TPSA) is 47.6 Å². The molecule has 4 nitrogen and oxygen atoms in total. The van der Waals surface area contributed by atoms with Gasteiger partial charge in [0.05, 0.1) is 5.54 Å². The van der Waals surface area contributed by atoms with E-state index in [0.717, 1.165) is 41.0 Å². The molecule has 0 aromatic heterocycles. The normalized spacial score (nSPS) is 16.2. The van der Waals surface area contributed by atoms with Crippen LogP contribution in [0.5, 0.6) is 11.5 Å².